The van der Waals surface area contributed by atoms with Crippen LogP contribution in [0, 0.1) is 7.12 Å². The first-order chi connectivity index (χ1) is 2.41. The first kappa shape index (κ1) is 6.41. The Morgan fingerprint density at radius 1 is 1.20 bits per heavy atom. The van der Waals surface area contributed by atoms with E-state index in [2.05, 4.69) is 0 Å². The lowest BCUT2D eigenvalue weighted by Crippen LogP contribution is -0.905. The topological polar surface area (TPSA) is 47.7 Å². The van der Waals surface area contributed by atoms with Crippen molar-refractivity contribution in [2.24, 2.45) is 0 Å². The van der Waals surface area contributed by atoms with Gasteiger partial charge >= 0.3 is 0 Å². The van der Waals surface area contributed by atoms with Crippen molar-refractivity contribution < 1.29 is 0 Å². The Labute approximate surface area is 51.9 Å². The monoisotopic (exact) mass is 316 g/mol. The molecule has 0 saturated carbocycles. The molecule has 0 saturated heterocycles. The number of hydrogen-bond acceptors (Lipinski definition) is 3. The minimum atomic E-state index is -0.365. The zero-order valence-corrected chi connectivity index (χ0v) is 7.30. The van der Waals surface area contributed by atoms with Crippen LogP contribution in [0.4, 0.5) is 0 Å². The van der Waals surface area contributed by atoms with Gasteiger partial charge in [-0.15, -0.1) is 0 Å². The first-order valence-electron chi connectivity index (χ1n) is 0.687. The number of hydrogen-bond donors (Lipinski definition) is 2. The van der Waals surface area contributed by atoms with E-state index in [0.717, 1.165) is 0 Å². The Kier molecular flexibility index (Phi) is 6.94. The summed E-state index contributed by atoms with van der Waals surface area (Å²) in [7, 11) is 0. The number of nitrogens with one attached hydrogen (secondary N) is 2. The third-order valence-electron chi connectivity index (χ3n) is 0.0583. The average molecular weight is 316 g/mol. The van der Waals surface area contributed by atoms with Gasteiger partial charge in [0.25, 0.3) is 0 Å². The van der Waals surface area contributed by atoms with Crippen molar-refractivity contribution in [2.45, 2.75) is 0 Å². The Morgan fingerprint density at radius 3 is 1.60 bits per heavy atom. The van der Waals surface area contributed by atoms with Crippen LogP contribution >= 0.6 is 45.4 Å². The molecule has 5 heteroatoms. The van der Waals surface area contributed by atoms with Crippen molar-refractivity contribution in [3.8, 4) is 0 Å². The van der Waals surface area contributed by atoms with E-state index in [-0.39, 0.29) is 39.3 Å². The summed E-state index contributed by atoms with van der Waals surface area (Å²) in [4.78, 5) is 0. The second kappa shape index (κ2) is 5.41. The Balaban J connectivity index is 2.65. The van der Waals surface area contributed by atoms with Gasteiger partial charge in [0.1, 0.15) is 0 Å². The molecule has 0 rings (SSSR count). The molecule has 0 aromatic rings. The molecule has 0 radical (unpaired) electrons. The molecular weight excluding hydrogens is 314 g/mol. The van der Waals surface area contributed by atoms with Crippen LogP contribution in [-0.4, -0.2) is 0 Å². The summed E-state index contributed by atoms with van der Waals surface area (Å²) in [6, 6.07) is 0. The Bertz CT molecular complexity index is 36.9. The van der Waals surface area contributed by atoms with Crippen LogP contribution in [0.5, 0.6) is 0 Å². The van der Waals surface area contributed by atoms with E-state index >= 15 is 0 Å². The molecule has 0 unspecified atom stereocenters. The van der Waals surface area contributed by atoms with Gasteiger partial charge in [-0.2, -0.15) is 0 Å². The fraction of sp³-hybridized carbons (Fsp3) is 0. The van der Waals surface area contributed by atoms with Gasteiger partial charge < -0.3 is 0 Å². The molecule has 0 aromatic carbocycles. The SMILES string of the molecule is N=ISI=N. The highest BCUT2D eigenvalue weighted by molar-refractivity contribution is 14.4. The molecule has 0 bridgehead atoms. The molecule has 2 N–H and O–H groups in total. The summed E-state index contributed by atoms with van der Waals surface area (Å²) in [6.45, 7) is 0. The largest absolute Gasteiger partial charge is 0.268 e. The van der Waals surface area contributed by atoms with Crippen molar-refractivity contribution in [2.75, 3.05) is 0 Å². The molecule has 2 nitrogen and oxygen atoms in total. The lowest BCUT2D eigenvalue weighted by molar-refractivity contribution is 1.72. The molecular formula is H2I2N2S. The fourth-order valence-electron chi connectivity index (χ4n) is 0.0146. The Morgan fingerprint density at radius 2 is 1.60 bits per heavy atom. The normalized spacial score (nSPS) is 8.00. The van der Waals surface area contributed by atoms with E-state index in [1.54, 1.807) is 0 Å². The van der Waals surface area contributed by atoms with Crippen molar-refractivity contribution in [3.63, 3.8) is 0 Å². The van der Waals surface area contributed by atoms with Gasteiger partial charge in [-0.1, -0.05) is 0 Å². The van der Waals surface area contributed by atoms with E-state index in [4.69, 9.17) is 7.12 Å². The van der Waals surface area contributed by atoms with E-state index in [1.165, 1.54) is 6.10 Å². The molecule has 0 atom stereocenters. The maximum Gasteiger partial charge on any atom is 0.0689 e. The quantitative estimate of drug-likeness (QED) is 0.756. The maximum absolute atomic E-state index is 6.58. The van der Waals surface area contributed by atoms with Crippen LogP contribution in [-0.2, 0) is 0 Å². The molecule has 0 aliphatic carbocycles. The summed E-state index contributed by atoms with van der Waals surface area (Å²) in [5.41, 5.74) is 0. The molecule has 0 aromatic heterocycles. The van der Waals surface area contributed by atoms with Crippen LogP contribution in [0.1, 0.15) is 0 Å². The molecule has 0 aliphatic rings. The van der Waals surface area contributed by atoms with Crippen molar-refractivity contribution in [1.82, 2.24) is 0 Å². The van der Waals surface area contributed by atoms with E-state index < -0.39 is 0 Å². The van der Waals surface area contributed by atoms with Crippen molar-refractivity contribution >= 4 is 45.4 Å². The standard InChI is InChI=1S/H2I2N2S/c3-1-5-2-4/h3-4H. The predicted octanol–water partition coefficient (Wildman–Crippen LogP) is 3.02. The van der Waals surface area contributed by atoms with Crippen molar-refractivity contribution in [3.05, 3.63) is 0 Å². The molecule has 0 heterocycles. The highest BCUT2D eigenvalue weighted by atomic mass is 127. The summed E-state index contributed by atoms with van der Waals surface area (Å²) in [5.74, 6) is 0. The molecule has 0 aliphatic heterocycles. The zero-order chi connectivity index (χ0) is 4.12. The molecule has 0 amide bonds. The molecule has 0 spiro atoms. The van der Waals surface area contributed by atoms with Gasteiger partial charge in [0, 0.05) is 6.10 Å². The van der Waals surface area contributed by atoms with Gasteiger partial charge in [-0.05, 0) is 0 Å². The van der Waals surface area contributed by atoms with Gasteiger partial charge in [0.05, 0.1) is 39.3 Å². The summed E-state index contributed by atoms with van der Waals surface area (Å²) >= 11 is -0.729. The predicted molar refractivity (Wildman–Crippen MR) is 41.1 cm³/mol. The van der Waals surface area contributed by atoms with Crippen LogP contribution in [0.15, 0.2) is 0 Å². The Hall–Kier alpha value is 1.41. The van der Waals surface area contributed by atoms with Gasteiger partial charge in [-0.25, -0.2) is 0 Å². The van der Waals surface area contributed by atoms with E-state index in [9.17, 15) is 0 Å². The minimum Gasteiger partial charge on any atom is -0.268 e. The van der Waals surface area contributed by atoms with Gasteiger partial charge in [-0.3, -0.25) is 7.12 Å². The summed E-state index contributed by atoms with van der Waals surface area (Å²) in [6.07, 6.45) is 1.52. The van der Waals surface area contributed by atoms with Gasteiger partial charge in [0.2, 0.25) is 0 Å². The van der Waals surface area contributed by atoms with Crippen LogP contribution in [0.2, 0.25) is 0 Å². The highest BCUT2D eigenvalue weighted by Crippen LogP contribution is 2.31. The lowest BCUT2D eigenvalue weighted by atomic mass is 14.0. The molecule has 5 heavy (non-hydrogen) atoms. The second-order valence-electron chi connectivity index (χ2n) is 0.213. The van der Waals surface area contributed by atoms with E-state index in [1.807, 2.05) is 0 Å². The summed E-state index contributed by atoms with van der Waals surface area (Å²) in [5, 5.41) is 0. The summed E-state index contributed by atoms with van der Waals surface area (Å²) < 4.78 is 13.2. The average Bonchev–Trinajstić information content (AvgIpc) is 1.41. The molecule has 32 valence electrons. The van der Waals surface area contributed by atoms with E-state index in [0.29, 0.717) is 0 Å². The highest BCUT2D eigenvalue weighted by Gasteiger charge is 1.60. The van der Waals surface area contributed by atoms with Crippen LogP contribution < -0.4 is 0 Å². The third kappa shape index (κ3) is 5.41. The van der Waals surface area contributed by atoms with Crippen LogP contribution in [0.3, 0.4) is 0 Å². The zero-order valence-electron chi connectivity index (χ0n) is 2.16. The number of halogens is 2. The second-order valence-corrected chi connectivity index (χ2v) is 11.0. The van der Waals surface area contributed by atoms with Crippen LogP contribution in [0.25, 0.3) is 0 Å². The smallest absolute Gasteiger partial charge is 0.0689 e. The number of rotatable bonds is 2. The third-order valence-corrected chi connectivity index (χ3v) is 7.87. The maximum atomic E-state index is 6.58. The van der Waals surface area contributed by atoms with Crippen molar-refractivity contribution in [1.29, 1.82) is 7.12 Å². The molecule has 0 fully saturated rings. The fourth-order valence-corrected chi connectivity index (χ4v) is 1.97. The first-order valence-corrected chi connectivity index (χ1v) is 8.75. The lowest BCUT2D eigenvalue weighted by Gasteiger charge is -1.57. The minimum absolute atomic E-state index is 0.365. The van der Waals surface area contributed by atoms with Gasteiger partial charge in [0.15, 0.2) is 0 Å².